The van der Waals surface area contributed by atoms with Gasteiger partial charge in [-0.15, -0.1) is 0 Å². The average Bonchev–Trinajstić information content (AvgIpc) is 2.48. The number of likely N-dealkylation sites (tertiary alicyclic amines) is 1. The van der Waals surface area contributed by atoms with Gasteiger partial charge in [-0.25, -0.2) is 0 Å². The molecule has 1 saturated heterocycles. The number of carbonyl (C=O) groups excluding carboxylic acids is 1. The van der Waals surface area contributed by atoms with Crippen LogP contribution in [0.5, 0.6) is 5.75 Å². The molecular formula is C15H21NO3. The normalized spacial score (nSPS) is 15.3. The van der Waals surface area contributed by atoms with E-state index in [1.807, 2.05) is 29.2 Å². The van der Waals surface area contributed by atoms with Gasteiger partial charge in [0.05, 0.1) is 12.2 Å². The Morgan fingerprint density at radius 3 is 2.63 bits per heavy atom. The molecule has 1 aliphatic heterocycles. The molecule has 1 aromatic carbocycles. The van der Waals surface area contributed by atoms with Crippen molar-refractivity contribution >= 4 is 5.91 Å². The van der Waals surface area contributed by atoms with Gasteiger partial charge in [0.15, 0.2) is 0 Å². The first kappa shape index (κ1) is 13.9. The number of para-hydroxylation sites is 1. The summed E-state index contributed by atoms with van der Waals surface area (Å²) in [5.41, 5.74) is 0.653. The van der Waals surface area contributed by atoms with Gasteiger partial charge in [0.25, 0.3) is 5.91 Å². The third-order valence-corrected chi connectivity index (χ3v) is 3.31. The second kappa shape index (κ2) is 7.14. The van der Waals surface area contributed by atoms with E-state index in [0.717, 1.165) is 25.9 Å². The Morgan fingerprint density at radius 1 is 1.16 bits per heavy atom. The Balaban J connectivity index is 2.07. The van der Waals surface area contributed by atoms with E-state index in [1.165, 1.54) is 6.42 Å². The largest absolute Gasteiger partial charge is 0.490 e. The summed E-state index contributed by atoms with van der Waals surface area (Å²) in [6.07, 6.45) is 3.41. The van der Waals surface area contributed by atoms with Gasteiger partial charge in [0.2, 0.25) is 0 Å². The standard InChI is InChI=1S/C15H21NO3/c1-18-11-12-19-14-8-4-3-7-13(14)15(17)16-9-5-2-6-10-16/h3-4,7-8H,2,5-6,9-12H2,1H3. The number of hydrogen-bond acceptors (Lipinski definition) is 3. The van der Waals surface area contributed by atoms with Gasteiger partial charge < -0.3 is 14.4 Å². The van der Waals surface area contributed by atoms with Gasteiger partial charge in [-0.05, 0) is 31.4 Å². The van der Waals surface area contributed by atoms with Crippen molar-refractivity contribution in [2.45, 2.75) is 19.3 Å². The average molecular weight is 263 g/mol. The Morgan fingerprint density at radius 2 is 1.89 bits per heavy atom. The van der Waals surface area contributed by atoms with Crippen molar-refractivity contribution in [1.29, 1.82) is 0 Å². The maximum absolute atomic E-state index is 12.5. The highest BCUT2D eigenvalue weighted by Crippen LogP contribution is 2.21. The lowest BCUT2D eigenvalue weighted by Crippen LogP contribution is -2.35. The first-order valence-corrected chi connectivity index (χ1v) is 6.83. The Kier molecular flexibility index (Phi) is 5.21. The Hall–Kier alpha value is -1.55. The molecule has 0 radical (unpaired) electrons. The number of nitrogens with zero attached hydrogens (tertiary/aromatic N) is 1. The number of rotatable bonds is 5. The number of benzene rings is 1. The van der Waals surface area contributed by atoms with E-state index >= 15 is 0 Å². The molecule has 1 fully saturated rings. The third-order valence-electron chi connectivity index (χ3n) is 3.31. The second-order valence-electron chi connectivity index (χ2n) is 4.69. The fourth-order valence-electron chi connectivity index (χ4n) is 2.27. The highest BCUT2D eigenvalue weighted by atomic mass is 16.5. The second-order valence-corrected chi connectivity index (χ2v) is 4.69. The molecule has 0 atom stereocenters. The Labute approximate surface area is 114 Å². The SMILES string of the molecule is COCCOc1ccccc1C(=O)N1CCCCC1. The fraction of sp³-hybridized carbons (Fsp3) is 0.533. The van der Waals surface area contributed by atoms with Crippen LogP contribution in [0.1, 0.15) is 29.6 Å². The van der Waals surface area contributed by atoms with Gasteiger partial charge in [0, 0.05) is 20.2 Å². The van der Waals surface area contributed by atoms with Crippen LogP contribution in [0.15, 0.2) is 24.3 Å². The summed E-state index contributed by atoms with van der Waals surface area (Å²) in [6.45, 7) is 2.68. The van der Waals surface area contributed by atoms with Crippen LogP contribution in [-0.4, -0.2) is 44.2 Å². The minimum Gasteiger partial charge on any atom is -0.490 e. The van der Waals surface area contributed by atoms with E-state index < -0.39 is 0 Å². The van der Waals surface area contributed by atoms with Crippen molar-refractivity contribution in [2.24, 2.45) is 0 Å². The molecule has 0 aliphatic carbocycles. The summed E-state index contributed by atoms with van der Waals surface area (Å²) < 4.78 is 10.6. The van der Waals surface area contributed by atoms with Crippen molar-refractivity contribution in [3.05, 3.63) is 29.8 Å². The third kappa shape index (κ3) is 3.70. The van der Waals surface area contributed by atoms with E-state index in [4.69, 9.17) is 9.47 Å². The predicted molar refractivity (Wildman–Crippen MR) is 73.6 cm³/mol. The molecule has 19 heavy (non-hydrogen) atoms. The molecule has 0 spiro atoms. The quantitative estimate of drug-likeness (QED) is 0.765. The van der Waals surface area contributed by atoms with Crippen molar-refractivity contribution in [3.8, 4) is 5.75 Å². The van der Waals surface area contributed by atoms with E-state index in [2.05, 4.69) is 0 Å². The first-order chi connectivity index (χ1) is 9.33. The van der Waals surface area contributed by atoms with Gasteiger partial charge in [-0.2, -0.15) is 0 Å². The van der Waals surface area contributed by atoms with E-state index in [1.54, 1.807) is 7.11 Å². The molecule has 4 heteroatoms. The van der Waals surface area contributed by atoms with Crippen molar-refractivity contribution in [2.75, 3.05) is 33.4 Å². The summed E-state index contributed by atoms with van der Waals surface area (Å²) in [5.74, 6) is 0.725. The number of methoxy groups -OCH3 is 1. The number of ether oxygens (including phenoxy) is 2. The minimum absolute atomic E-state index is 0.0766. The summed E-state index contributed by atoms with van der Waals surface area (Å²) in [6, 6.07) is 7.43. The van der Waals surface area contributed by atoms with Crippen molar-refractivity contribution in [3.63, 3.8) is 0 Å². The van der Waals surface area contributed by atoms with Crippen molar-refractivity contribution < 1.29 is 14.3 Å². The molecule has 1 heterocycles. The number of piperidine rings is 1. The number of hydrogen-bond donors (Lipinski definition) is 0. The molecule has 0 aromatic heterocycles. The van der Waals surface area contributed by atoms with Crippen LogP contribution >= 0.6 is 0 Å². The molecule has 2 rings (SSSR count). The molecule has 104 valence electrons. The smallest absolute Gasteiger partial charge is 0.257 e. The topological polar surface area (TPSA) is 38.8 Å². The number of amides is 1. The zero-order valence-corrected chi connectivity index (χ0v) is 11.4. The lowest BCUT2D eigenvalue weighted by Gasteiger charge is -2.27. The van der Waals surface area contributed by atoms with Gasteiger partial charge >= 0.3 is 0 Å². The van der Waals surface area contributed by atoms with Crippen LogP contribution in [0.2, 0.25) is 0 Å². The lowest BCUT2D eigenvalue weighted by molar-refractivity contribution is 0.0717. The Bertz CT molecular complexity index is 414. The highest BCUT2D eigenvalue weighted by molar-refractivity contribution is 5.97. The minimum atomic E-state index is 0.0766. The zero-order valence-electron chi connectivity index (χ0n) is 11.4. The zero-order chi connectivity index (χ0) is 13.5. The molecular weight excluding hydrogens is 242 g/mol. The molecule has 0 unspecified atom stereocenters. The van der Waals surface area contributed by atoms with Crippen LogP contribution < -0.4 is 4.74 Å². The molecule has 0 N–H and O–H groups in total. The van der Waals surface area contributed by atoms with E-state index in [9.17, 15) is 4.79 Å². The van der Waals surface area contributed by atoms with E-state index in [0.29, 0.717) is 24.5 Å². The van der Waals surface area contributed by atoms with Crippen LogP contribution in [0.3, 0.4) is 0 Å². The van der Waals surface area contributed by atoms with Crippen molar-refractivity contribution in [1.82, 2.24) is 4.90 Å². The molecule has 4 nitrogen and oxygen atoms in total. The molecule has 1 aliphatic rings. The summed E-state index contributed by atoms with van der Waals surface area (Å²) >= 11 is 0. The summed E-state index contributed by atoms with van der Waals surface area (Å²) in [7, 11) is 1.63. The van der Waals surface area contributed by atoms with E-state index in [-0.39, 0.29) is 5.91 Å². The van der Waals surface area contributed by atoms with Gasteiger partial charge in [-0.1, -0.05) is 12.1 Å². The number of carbonyl (C=O) groups is 1. The predicted octanol–water partition coefficient (Wildman–Crippen LogP) is 2.34. The molecule has 1 amide bonds. The molecule has 0 bridgehead atoms. The maximum Gasteiger partial charge on any atom is 0.257 e. The fourth-order valence-corrected chi connectivity index (χ4v) is 2.27. The summed E-state index contributed by atoms with van der Waals surface area (Å²) in [4.78, 5) is 14.4. The monoisotopic (exact) mass is 263 g/mol. The van der Waals surface area contributed by atoms with Gasteiger partial charge in [0.1, 0.15) is 12.4 Å². The highest BCUT2D eigenvalue weighted by Gasteiger charge is 2.20. The van der Waals surface area contributed by atoms with Crippen LogP contribution in [0, 0.1) is 0 Å². The van der Waals surface area contributed by atoms with Crippen LogP contribution in [0.4, 0.5) is 0 Å². The maximum atomic E-state index is 12.5. The van der Waals surface area contributed by atoms with Crippen LogP contribution in [0.25, 0.3) is 0 Å². The molecule has 1 aromatic rings. The van der Waals surface area contributed by atoms with Gasteiger partial charge in [-0.3, -0.25) is 4.79 Å². The lowest BCUT2D eigenvalue weighted by atomic mass is 10.1. The summed E-state index contributed by atoms with van der Waals surface area (Å²) in [5, 5.41) is 0. The molecule has 0 saturated carbocycles. The van der Waals surface area contributed by atoms with Crippen LogP contribution in [-0.2, 0) is 4.74 Å². The first-order valence-electron chi connectivity index (χ1n) is 6.83.